The summed E-state index contributed by atoms with van der Waals surface area (Å²) in [5.41, 5.74) is 13.5. The van der Waals surface area contributed by atoms with Crippen molar-refractivity contribution in [1.29, 1.82) is 0 Å². The largest absolute Gasteiger partial charge is 0.321 e. The lowest BCUT2D eigenvalue weighted by Gasteiger charge is -2.40. The third-order valence-corrected chi connectivity index (χ3v) is 9.45. The Balaban J connectivity index is 1.76. The van der Waals surface area contributed by atoms with E-state index in [2.05, 4.69) is 85.0 Å². The van der Waals surface area contributed by atoms with Crippen LogP contribution in [-0.4, -0.2) is 18.0 Å². The molecule has 5 unspecified atom stereocenters. The van der Waals surface area contributed by atoms with E-state index >= 15 is 0 Å². The van der Waals surface area contributed by atoms with Gasteiger partial charge in [0.2, 0.25) is 0 Å². The zero-order valence-electron chi connectivity index (χ0n) is 21.1. The summed E-state index contributed by atoms with van der Waals surface area (Å²) in [5, 5.41) is 0. The fourth-order valence-electron chi connectivity index (χ4n) is 6.92. The van der Waals surface area contributed by atoms with Gasteiger partial charge in [-0.3, -0.25) is 9.79 Å². The zero-order valence-corrected chi connectivity index (χ0v) is 21.1. The third-order valence-electron chi connectivity index (χ3n) is 9.45. The van der Waals surface area contributed by atoms with Crippen molar-refractivity contribution >= 4 is 17.7 Å². The molecule has 0 radical (unpaired) electrons. The van der Waals surface area contributed by atoms with Gasteiger partial charge in [-0.15, -0.1) is 0 Å². The van der Waals surface area contributed by atoms with Crippen LogP contribution in [0.5, 0.6) is 0 Å². The minimum atomic E-state index is -0.520. The molecule has 1 saturated carbocycles. The molecule has 4 rings (SSSR count). The molecule has 174 valence electrons. The summed E-state index contributed by atoms with van der Waals surface area (Å²) in [7, 11) is 0. The molecule has 0 heterocycles. The zero-order chi connectivity index (χ0) is 24.1. The van der Waals surface area contributed by atoms with Crippen molar-refractivity contribution in [2.45, 2.75) is 60.9 Å². The average molecular weight is 443 g/mol. The highest BCUT2D eigenvalue weighted by Crippen LogP contribution is 2.72. The standard InChI is InChI=1S/C30H38N2O/c1-18-12-11-13-19(2)27(18)32-17-24-26(28(33)25(31)16-23-14-9-8-10-15-23)30(7)21(4)20(3)29(24,6)22(30)5/h8-15,17,22,24-26H,16,31H2,1-7H3/t22?,24?,25-,26?,29?,30?/m0/s1. The lowest BCUT2D eigenvalue weighted by molar-refractivity contribution is -0.127. The maximum atomic E-state index is 14.0. The normalized spacial score (nSPS) is 32.1. The van der Waals surface area contributed by atoms with Crippen LogP contribution in [0.1, 0.15) is 51.3 Å². The second-order valence-electron chi connectivity index (χ2n) is 10.8. The van der Waals surface area contributed by atoms with Crippen LogP contribution in [0.2, 0.25) is 0 Å². The number of rotatable bonds is 6. The Morgan fingerprint density at radius 3 is 2.15 bits per heavy atom. The van der Waals surface area contributed by atoms with Gasteiger partial charge in [0.05, 0.1) is 11.7 Å². The van der Waals surface area contributed by atoms with Crippen molar-refractivity contribution < 1.29 is 4.79 Å². The molecule has 2 bridgehead atoms. The number of aryl methyl sites for hydroxylation is 2. The molecule has 3 nitrogen and oxygen atoms in total. The van der Waals surface area contributed by atoms with E-state index in [1.165, 1.54) is 11.1 Å². The van der Waals surface area contributed by atoms with Crippen LogP contribution in [0.25, 0.3) is 0 Å². The van der Waals surface area contributed by atoms with E-state index in [-0.39, 0.29) is 28.4 Å². The lowest BCUT2D eigenvalue weighted by Crippen LogP contribution is -2.47. The van der Waals surface area contributed by atoms with Crippen LogP contribution in [0.3, 0.4) is 0 Å². The first-order chi connectivity index (χ1) is 15.5. The van der Waals surface area contributed by atoms with Gasteiger partial charge in [0.25, 0.3) is 0 Å². The first kappa shape index (κ1) is 23.6. The molecule has 6 atom stereocenters. The molecular formula is C30H38N2O. The smallest absolute Gasteiger partial charge is 0.154 e. The molecule has 2 N–H and O–H groups in total. The summed E-state index contributed by atoms with van der Waals surface area (Å²) in [6, 6.07) is 15.8. The summed E-state index contributed by atoms with van der Waals surface area (Å²) in [6.07, 6.45) is 2.66. The average Bonchev–Trinajstić information content (AvgIpc) is 3.04. The number of carbonyl (C=O) groups excluding carboxylic acids is 1. The third kappa shape index (κ3) is 3.44. The van der Waals surface area contributed by atoms with Crippen molar-refractivity contribution in [2.75, 3.05) is 0 Å². The highest BCUT2D eigenvalue weighted by molar-refractivity contribution is 5.92. The van der Waals surface area contributed by atoms with Crippen LogP contribution in [-0.2, 0) is 11.2 Å². The molecule has 2 aromatic rings. The Morgan fingerprint density at radius 1 is 0.970 bits per heavy atom. The molecule has 2 aliphatic rings. The van der Waals surface area contributed by atoms with Gasteiger partial charge in [-0.1, -0.05) is 80.4 Å². The molecular weight excluding hydrogens is 404 g/mol. The summed E-state index contributed by atoms with van der Waals surface area (Å²) in [4.78, 5) is 19.0. The van der Waals surface area contributed by atoms with Crippen LogP contribution < -0.4 is 5.73 Å². The minimum Gasteiger partial charge on any atom is -0.321 e. The number of para-hydroxylation sites is 1. The Morgan fingerprint density at radius 2 is 1.55 bits per heavy atom. The van der Waals surface area contributed by atoms with Crippen LogP contribution in [0, 0.1) is 42.4 Å². The molecule has 0 spiro atoms. The molecule has 33 heavy (non-hydrogen) atoms. The van der Waals surface area contributed by atoms with Crippen LogP contribution >= 0.6 is 0 Å². The fourth-order valence-corrected chi connectivity index (χ4v) is 6.92. The van der Waals surface area contributed by atoms with Gasteiger partial charge >= 0.3 is 0 Å². The van der Waals surface area contributed by atoms with Crippen LogP contribution in [0.4, 0.5) is 5.69 Å². The van der Waals surface area contributed by atoms with E-state index in [1.54, 1.807) is 0 Å². The van der Waals surface area contributed by atoms with E-state index in [0.29, 0.717) is 12.3 Å². The number of nitrogens with two attached hydrogens (primary N) is 1. The quantitative estimate of drug-likeness (QED) is 0.416. The summed E-state index contributed by atoms with van der Waals surface area (Å²) >= 11 is 0. The second kappa shape index (κ2) is 8.36. The van der Waals surface area contributed by atoms with E-state index in [1.807, 2.05) is 18.2 Å². The number of carbonyl (C=O) groups is 1. The number of hydrogen-bond acceptors (Lipinski definition) is 3. The molecule has 0 aromatic heterocycles. The molecule has 0 saturated heterocycles. The van der Waals surface area contributed by atoms with Crippen molar-refractivity contribution in [3.8, 4) is 0 Å². The fraction of sp³-hybridized carbons (Fsp3) is 0.467. The number of fused-ring (bicyclic) bond motifs is 2. The Labute approximate surface area is 199 Å². The van der Waals surface area contributed by atoms with Gasteiger partial charge in [-0.2, -0.15) is 0 Å². The number of benzene rings is 2. The van der Waals surface area contributed by atoms with Gasteiger partial charge in [0.15, 0.2) is 5.78 Å². The molecule has 2 aromatic carbocycles. The number of aliphatic imine (C=N–C) groups is 1. The topological polar surface area (TPSA) is 55.5 Å². The van der Waals surface area contributed by atoms with Gasteiger partial charge in [0, 0.05) is 28.9 Å². The number of Topliss-reactive ketones (excluding diaryl/α,β-unsaturated/α-hetero) is 1. The highest BCUT2D eigenvalue weighted by atomic mass is 16.1. The number of hydrogen-bond donors (Lipinski definition) is 1. The van der Waals surface area contributed by atoms with Gasteiger partial charge in [0.1, 0.15) is 0 Å². The first-order valence-corrected chi connectivity index (χ1v) is 12.2. The number of allylic oxidation sites excluding steroid dienone is 2. The first-order valence-electron chi connectivity index (χ1n) is 12.2. The van der Waals surface area contributed by atoms with Crippen molar-refractivity contribution in [2.24, 2.45) is 39.3 Å². The Hall–Kier alpha value is -2.52. The monoisotopic (exact) mass is 442 g/mol. The SMILES string of the molecule is CC1=C(C)C2(C)C(C(=O)[C@@H](N)Cc3ccccc3)C(C=Nc3c(C)cccc3C)C1(C)C2C. The molecule has 1 fully saturated rings. The highest BCUT2D eigenvalue weighted by Gasteiger charge is 2.69. The van der Waals surface area contributed by atoms with Crippen molar-refractivity contribution in [3.63, 3.8) is 0 Å². The van der Waals surface area contributed by atoms with E-state index in [0.717, 1.165) is 22.4 Å². The molecule has 2 aliphatic carbocycles. The summed E-state index contributed by atoms with van der Waals surface area (Å²) in [6.45, 7) is 15.6. The Bertz CT molecular complexity index is 1110. The number of nitrogens with zero attached hydrogens (tertiary/aromatic N) is 1. The number of ketones is 1. The predicted molar refractivity (Wildman–Crippen MR) is 138 cm³/mol. The lowest BCUT2D eigenvalue weighted by atomic mass is 9.63. The minimum absolute atomic E-state index is 0.0227. The Kier molecular flexibility index (Phi) is 5.99. The molecule has 0 aliphatic heterocycles. The van der Waals surface area contributed by atoms with Gasteiger partial charge in [-0.25, -0.2) is 0 Å². The maximum absolute atomic E-state index is 14.0. The van der Waals surface area contributed by atoms with E-state index < -0.39 is 6.04 Å². The molecule has 3 heteroatoms. The summed E-state index contributed by atoms with van der Waals surface area (Å²) in [5.74, 6) is 0.363. The van der Waals surface area contributed by atoms with Crippen LogP contribution in [0.15, 0.2) is 64.7 Å². The second-order valence-corrected chi connectivity index (χ2v) is 10.8. The van der Waals surface area contributed by atoms with E-state index in [9.17, 15) is 4.79 Å². The maximum Gasteiger partial charge on any atom is 0.154 e. The molecule has 0 amide bonds. The summed E-state index contributed by atoms with van der Waals surface area (Å²) < 4.78 is 0. The van der Waals surface area contributed by atoms with E-state index in [4.69, 9.17) is 10.7 Å². The van der Waals surface area contributed by atoms with Gasteiger partial charge in [-0.05, 0) is 56.7 Å². The van der Waals surface area contributed by atoms with Crippen molar-refractivity contribution in [1.82, 2.24) is 0 Å². The van der Waals surface area contributed by atoms with Gasteiger partial charge < -0.3 is 5.73 Å². The van der Waals surface area contributed by atoms with Crippen molar-refractivity contribution in [3.05, 3.63) is 76.4 Å². The predicted octanol–water partition coefficient (Wildman–Crippen LogP) is 6.39.